The van der Waals surface area contributed by atoms with E-state index in [1.807, 2.05) is 12.1 Å². The zero-order valence-corrected chi connectivity index (χ0v) is 11.9. The van der Waals surface area contributed by atoms with Crippen LogP contribution in [0.2, 0.25) is 0 Å². The van der Waals surface area contributed by atoms with Gasteiger partial charge >= 0.3 is 0 Å². The number of halogens is 1. The van der Waals surface area contributed by atoms with E-state index in [9.17, 15) is 0 Å². The van der Waals surface area contributed by atoms with Crippen LogP contribution in [0.1, 0.15) is 38.2 Å². The number of anilines is 1. The highest BCUT2D eigenvalue weighted by atomic mass is 79.9. The minimum atomic E-state index is 0.106. The zero-order chi connectivity index (χ0) is 12.3. The van der Waals surface area contributed by atoms with Crippen molar-refractivity contribution in [2.45, 2.75) is 45.3 Å². The minimum absolute atomic E-state index is 0.106. The first-order chi connectivity index (χ1) is 8.26. The van der Waals surface area contributed by atoms with Gasteiger partial charge in [0.2, 0.25) is 0 Å². The maximum Gasteiger partial charge on any atom is 0.0682 e. The van der Waals surface area contributed by atoms with Crippen molar-refractivity contribution in [3.63, 3.8) is 0 Å². The Balaban J connectivity index is 2.23. The molecule has 2 rings (SSSR count). The molecule has 0 unspecified atom stereocenters. The lowest BCUT2D eigenvalue weighted by Gasteiger charge is -2.31. The Kier molecular flexibility index (Phi) is 4.46. The zero-order valence-electron chi connectivity index (χ0n) is 10.3. The maximum absolute atomic E-state index is 9.13. The van der Waals surface area contributed by atoms with Crippen LogP contribution in [0.5, 0.6) is 0 Å². The number of aliphatic hydroxyl groups is 1. The Labute approximate surface area is 112 Å². The predicted octanol–water partition coefficient (Wildman–Crippen LogP) is 3.71. The van der Waals surface area contributed by atoms with Crippen LogP contribution in [0.3, 0.4) is 0 Å². The van der Waals surface area contributed by atoms with Gasteiger partial charge in [0.25, 0.3) is 0 Å². The molecule has 0 heterocycles. The quantitative estimate of drug-likeness (QED) is 0.916. The van der Waals surface area contributed by atoms with Gasteiger partial charge in [-0.15, -0.1) is 0 Å². The van der Waals surface area contributed by atoms with Gasteiger partial charge < -0.3 is 10.0 Å². The summed E-state index contributed by atoms with van der Waals surface area (Å²) in [6, 6.07) is 6.85. The van der Waals surface area contributed by atoms with E-state index in [1.54, 1.807) is 0 Å². The fourth-order valence-corrected chi connectivity index (χ4v) is 3.38. The highest BCUT2D eigenvalue weighted by molar-refractivity contribution is 9.10. The molecule has 0 atom stereocenters. The summed E-state index contributed by atoms with van der Waals surface area (Å²) in [4.78, 5) is 2.48. The molecule has 3 heteroatoms. The second-order valence-electron chi connectivity index (χ2n) is 4.67. The monoisotopic (exact) mass is 297 g/mol. The number of rotatable bonds is 4. The summed E-state index contributed by atoms with van der Waals surface area (Å²) in [7, 11) is 0. The first-order valence-electron chi connectivity index (χ1n) is 6.42. The van der Waals surface area contributed by atoms with Gasteiger partial charge in [-0.1, -0.05) is 18.9 Å². The molecule has 1 N–H and O–H groups in total. The van der Waals surface area contributed by atoms with Crippen LogP contribution in [0.4, 0.5) is 5.69 Å². The third-order valence-corrected chi connectivity index (χ3v) is 4.25. The largest absolute Gasteiger partial charge is 0.392 e. The van der Waals surface area contributed by atoms with Gasteiger partial charge in [0, 0.05) is 17.1 Å². The van der Waals surface area contributed by atoms with Crippen LogP contribution >= 0.6 is 15.9 Å². The Morgan fingerprint density at radius 2 is 2.06 bits per heavy atom. The average Bonchev–Trinajstić information content (AvgIpc) is 2.85. The average molecular weight is 298 g/mol. The maximum atomic E-state index is 9.13. The van der Waals surface area contributed by atoms with Crippen LogP contribution in [0, 0.1) is 0 Å². The number of hydrogen-bond donors (Lipinski definition) is 1. The van der Waals surface area contributed by atoms with Crippen molar-refractivity contribution in [3.05, 3.63) is 28.2 Å². The van der Waals surface area contributed by atoms with Gasteiger partial charge in [-0.05, 0) is 53.4 Å². The molecule has 1 saturated carbocycles. The van der Waals surface area contributed by atoms with Crippen LogP contribution in [0.15, 0.2) is 22.7 Å². The summed E-state index contributed by atoms with van der Waals surface area (Å²) < 4.78 is 1.10. The summed E-state index contributed by atoms with van der Waals surface area (Å²) in [5.74, 6) is 0. The van der Waals surface area contributed by atoms with E-state index >= 15 is 0 Å². The van der Waals surface area contributed by atoms with E-state index in [2.05, 4.69) is 33.8 Å². The topological polar surface area (TPSA) is 23.5 Å². The predicted molar refractivity (Wildman–Crippen MR) is 75.3 cm³/mol. The molecule has 17 heavy (non-hydrogen) atoms. The molecule has 0 amide bonds. The molecule has 1 fully saturated rings. The second kappa shape index (κ2) is 5.87. The van der Waals surface area contributed by atoms with Gasteiger partial charge in [-0.2, -0.15) is 0 Å². The van der Waals surface area contributed by atoms with Gasteiger partial charge in [-0.25, -0.2) is 0 Å². The lowest BCUT2D eigenvalue weighted by atomic mass is 10.1. The SMILES string of the molecule is CCN(c1ccc(CO)cc1Br)C1CCCC1. The normalized spacial score (nSPS) is 16.4. The summed E-state index contributed by atoms with van der Waals surface area (Å²) in [6.45, 7) is 3.36. The summed E-state index contributed by atoms with van der Waals surface area (Å²) in [5, 5.41) is 9.13. The Bertz CT molecular complexity index is 374. The molecule has 1 aromatic rings. The Hall–Kier alpha value is -0.540. The summed E-state index contributed by atoms with van der Waals surface area (Å²) in [6.07, 6.45) is 5.32. The molecule has 94 valence electrons. The van der Waals surface area contributed by atoms with Crippen molar-refractivity contribution in [2.24, 2.45) is 0 Å². The smallest absolute Gasteiger partial charge is 0.0682 e. The van der Waals surface area contributed by atoms with Crippen molar-refractivity contribution in [1.29, 1.82) is 0 Å². The fourth-order valence-electron chi connectivity index (χ4n) is 2.72. The van der Waals surface area contributed by atoms with Crippen LogP contribution in [-0.4, -0.2) is 17.7 Å². The van der Waals surface area contributed by atoms with E-state index in [4.69, 9.17) is 5.11 Å². The molecule has 1 aliphatic carbocycles. The molecule has 0 aliphatic heterocycles. The minimum Gasteiger partial charge on any atom is -0.392 e. The molecule has 1 aliphatic rings. The molecule has 0 saturated heterocycles. The van der Waals surface area contributed by atoms with Crippen molar-refractivity contribution < 1.29 is 5.11 Å². The van der Waals surface area contributed by atoms with Crippen molar-refractivity contribution in [3.8, 4) is 0 Å². The Morgan fingerprint density at radius 3 is 2.59 bits per heavy atom. The van der Waals surface area contributed by atoms with Gasteiger partial charge in [-0.3, -0.25) is 0 Å². The highest BCUT2D eigenvalue weighted by Crippen LogP contribution is 2.33. The van der Waals surface area contributed by atoms with E-state index < -0.39 is 0 Å². The van der Waals surface area contributed by atoms with Gasteiger partial charge in [0.15, 0.2) is 0 Å². The van der Waals surface area contributed by atoms with Crippen LogP contribution in [0.25, 0.3) is 0 Å². The first kappa shape index (κ1) is 12.9. The van der Waals surface area contributed by atoms with E-state index in [1.165, 1.54) is 31.4 Å². The highest BCUT2D eigenvalue weighted by Gasteiger charge is 2.22. The van der Waals surface area contributed by atoms with Crippen LogP contribution in [-0.2, 0) is 6.61 Å². The van der Waals surface area contributed by atoms with Crippen molar-refractivity contribution in [2.75, 3.05) is 11.4 Å². The van der Waals surface area contributed by atoms with E-state index in [0.29, 0.717) is 6.04 Å². The summed E-state index contributed by atoms with van der Waals surface area (Å²) in [5.41, 5.74) is 2.22. The number of aliphatic hydroxyl groups excluding tert-OH is 1. The van der Waals surface area contributed by atoms with Crippen molar-refractivity contribution >= 4 is 21.6 Å². The number of hydrogen-bond acceptors (Lipinski definition) is 2. The molecular weight excluding hydrogens is 278 g/mol. The standard InChI is InChI=1S/C14H20BrNO/c1-2-16(12-5-3-4-6-12)14-8-7-11(10-17)9-13(14)15/h7-9,12,17H,2-6,10H2,1H3. The molecule has 0 aromatic heterocycles. The van der Waals surface area contributed by atoms with Crippen LogP contribution < -0.4 is 4.90 Å². The molecule has 2 nitrogen and oxygen atoms in total. The second-order valence-corrected chi connectivity index (χ2v) is 5.52. The number of benzene rings is 1. The van der Waals surface area contributed by atoms with Gasteiger partial charge in [0.05, 0.1) is 12.3 Å². The lowest BCUT2D eigenvalue weighted by Crippen LogP contribution is -2.33. The van der Waals surface area contributed by atoms with E-state index in [-0.39, 0.29) is 6.61 Å². The first-order valence-corrected chi connectivity index (χ1v) is 7.21. The lowest BCUT2D eigenvalue weighted by molar-refractivity contribution is 0.282. The Morgan fingerprint density at radius 1 is 1.35 bits per heavy atom. The van der Waals surface area contributed by atoms with Gasteiger partial charge in [0.1, 0.15) is 0 Å². The third-order valence-electron chi connectivity index (χ3n) is 3.61. The fraction of sp³-hybridized carbons (Fsp3) is 0.571. The molecule has 0 bridgehead atoms. The molecule has 0 radical (unpaired) electrons. The number of nitrogens with zero attached hydrogens (tertiary/aromatic N) is 1. The third kappa shape index (κ3) is 2.83. The van der Waals surface area contributed by atoms with E-state index in [0.717, 1.165) is 16.6 Å². The van der Waals surface area contributed by atoms with Crippen molar-refractivity contribution in [1.82, 2.24) is 0 Å². The molecule has 1 aromatic carbocycles. The summed E-state index contributed by atoms with van der Waals surface area (Å²) >= 11 is 3.62. The molecule has 0 spiro atoms. The molecular formula is C14H20BrNO.